The van der Waals surface area contributed by atoms with Gasteiger partial charge in [0.05, 0.1) is 0 Å². The molecule has 1 amide bonds. The summed E-state index contributed by atoms with van der Waals surface area (Å²) < 4.78 is 0. The van der Waals surface area contributed by atoms with Crippen LogP contribution in [0, 0.1) is 11.8 Å². The molecule has 4 rings (SSSR count). The highest BCUT2D eigenvalue weighted by molar-refractivity contribution is 5.86. The fourth-order valence-electron chi connectivity index (χ4n) is 3.98. The number of hydrogen-bond donors (Lipinski definition) is 2. The number of carbonyl (C=O) groups excluding carboxylic acids is 1. The molecule has 2 aromatic carbocycles. The Labute approximate surface area is 148 Å². The second-order valence-electron chi connectivity index (χ2n) is 7.44. The number of rotatable bonds is 5. The second kappa shape index (κ2) is 6.28. The molecule has 1 aliphatic heterocycles. The standard InChI is InChI=1S/C21H24N2O2/c1-21(25,16-10-6-3-7-11-16)20(24)22-19-17-13-23(14-18(17)19)12-15-8-4-2-5-9-15/h2-11,17-19,25H,12-14H2,1H3,(H,22,24)/t17-,18?,19+,21?/m0/s1. The fourth-order valence-corrected chi connectivity index (χ4v) is 3.98. The van der Waals surface area contributed by atoms with Gasteiger partial charge in [-0.1, -0.05) is 60.7 Å². The van der Waals surface area contributed by atoms with Crippen LogP contribution in [0.25, 0.3) is 0 Å². The van der Waals surface area contributed by atoms with E-state index in [4.69, 9.17) is 0 Å². The van der Waals surface area contributed by atoms with Crippen LogP contribution in [-0.2, 0) is 16.9 Å². The highest BCUT2D eigenvalue weighted by Gasteiger charge is 2.57. The molecule has 0 radical (unpaired) electrons. The molecule has 1 saturated carbocycles. The number of likely N-dealkylation sites (tertiary alicyclic amines) is 1. The Kier molecular flexibility index (Phi) is 4.10. The lowest BCUT2D eigenvalue weighted by molar-refractivity contribution is -0.139. The van der Waals surface area contributed by atoms with Crippen LogP contribution < -0.4 is 5.32 Å². The van der Waals surface area contributed by atoms with Crippen molar-refractivity contribution >= 4 is 5.91 Å². The first kappa shape index (κ1) is 16.3. The first-order valence-corrected chi connectivity index (χ1v) is 8.91. The van der Waals surface area contributed by atoms with E-state index in [0.29, 0.717) is 17.4 Å². The van der Waals surface area contributed by atoms with Crippen molar-refractivity contribution < 1.29 is 9.90 Å². The predicted octanol–water partition coefficient (Wildman–Crippen LogP) is 2.14. The second-order valence-corrected chi connectivity index (χ2v) is 7.44. The van der Waals surface area contributed by atoms with Crippen LogP contribution in [0.1, 0.15) is 18.1 Å². The molecular weight excluding hydrogens is 312 g/mol. The van der Waals surface area contributed by atoms with Gasteiger partial charge >= 0.3 is 0 Å². The molecule has 2 aromatic rings. The molecule has 1 aliphatic carbocycles. The number of amides is 1. The third-order valence-electron chi connectivity index (χ3n) is 5.59. The molecule has 2 fully saturated rings. The maximum absolute atomic E-state index is 12.5. The van der Waals surface area contributed by atoms with Gasteiger partial charge in [-0.15, -0.1) is 0 Å². The van der Waals surface area contributed by atoms with Crippen molar-refractivity contribution in [1.29, 1.82) is 0 Å². The molecule has 1 saturated heterocycles. The van der Waals surface area contributed by atoms with Gasteiger partial charge in [-0.25, -0.2) is 0 Å². The highest BCUT2D eigenvalue weighted by atomic mass is 16.3. The number of carbonyl (C=O) groups is 1. The summed E-state index contributed by atoms with van der Waals surface area (Å²) in [6.45, 7) is 4.56. The zero-order valence-electron chi connectivity index (χ0n) is 14.4. The van der Waals surface area contributed by atoms with E-state index in [-0.39, 0.29) is 11.9 Å². The van der Waals surface area contributed by atoms with E-state index in [0.717, 1.165) is 19.6 Å². The van der Waals surface area contributed by atoms with Gasteiger partial charge in [-0.2, -0.15) is 0 Å². The number of nitrogens with zero attached hydrogens (tertiary/aromatic N) is 1. The van der Waals surface area contributed by atoms with Gasteiger partial charge in [0.15, 0.2) is 5.60 Å². The van der Waals surface area contributed by atoms with Crippen molar-refractivity contribution in [2.75, 3.05) is 13.1 Å². The van der Waals surface area contributed by atoms with E-state index in [1.54, 1.807) is 19.1 Å². The molecule has 2 aliphatic rings. The van der Waals surface area contributed by atoms with E-state index in [2.05, 4.69) is 34.5 Å². The molecule has 4 heteroatoms. The first-order valence-electron chi connectivity index (χ1n) is 8.91. The van der Waals surface area contributed by atoms with Crippen molar-refractivity contribution in [2.45, 2.75) is 25.1 Å². The van der Waals surface area contributed by atoms with Crippen molar-refractivity contribution in [3.05, 3.63) is 71.8 Å². The minimum absolute atomic E-state index is 0.203. The number of hydrogen-bond acceptors (Lipinski definition) is 3. The summed E-state index contributed by atoms with van der Waals surface area (Å²) in [6.07, 6.45) is 0. The topological polar surface area (TPSA) is 52.6 Å². The molecular formula is C21H24N2O2. The lowest BCUT2D eigenvalue weighted by Crippen LogP contribution is -2.45. The summed E-state index contributed by atoms with van der Waals surface area (Å²) in [6, 6.07) is 19.8. The minimum atomic E-state index is -1.48. The average molecular weight is 336 g/mol. The quantitative estimate of drug-likeness (QED) is 0.880. The predicted molar refractivity (Wildman–Crippen MR) is 96.6 cm³/mol. The molecule has 0 aromatic heterocycles. The van der Waals surface area contributed by atoms with Gasteiger partial charge in [-0.05, 0) is 29.9 Å². The van der Waals surface area contributed by atoms with Crippen LogP contribution in [0.5, 0.6) is 0 Å². The fraction of sp³-hybridized carbons (Fsp3) is 0.381. The smallest absolute Gasteiger partial charge is 0.256 e. The van der Waals surface area contributed by atoms with Crippen molar-refractivity contribution in [2.24, 2.45) is 11.8 Å². The Morgan fingerprint density at radius 2 is 1.64 bits per heavy atom. The Hall–Kier alpha value is -2.17. The SMILES string of the molecule is CC(O)(C(=O)N[C@H]1C2CN(Cc3ccccc3)C[C@@H]21)c1ccccc1. The monoisotopic (exact) mass is 336 g/mol. The van der Waals surface area contributed by atoms with Crippen molar-refractivity contribution in [3.8, 4) is 0 Å². The molecule has 0 spiro atoms. The normalized spacial score (nSPS) is 27.4. The number of piperidine rings is 1. The third kappa shape index (κ3) is 3.20. The molecule has 130 valence electrons. The van der Waals surface area contributed by atoms with Crippen LogP contribution in [0.3, 0.4) is 0 Å². The third-order valence-corrected chi connectivity index (χ3v) is 5.59. The van der Waals surface area contributed by atoms with Crippen LogP contribution >= 0.6 is 0 Å². The zero-order valence-corrected chi connectivity index (χ0v) is 14.4. The molecule has 25 heavy (non-hydrogen) atoms. The lowest BCUT2D eigenvalue weighted by atomic mass is 9.95. The van der Waals surface area contributed by atoms with E-state index >= 15 is 0 Å². The summed E-state index contributed by atoms with van der Waals surface area (Å²) in [4.78, 5) is 15.0. The van der Waals surface area contributed by atoms with Gasteiger partial charge in [0.25, 0.3) is 5.91 Å². The molecule has 0 bridgehead atoms. The van der Waals surface area contributed by atoms with Gasteiger partial charge in [0.2, 0.25) is 0 Å². The summed E-state index contributed by atoms with van der Waals surface area (Å²) in [7, 11) is 0. The van der Waals surface area contributed by atoms with E-state index < -0.39 is 5.60 Å². The van der Waals surface area contributed by atoms with Crippen LogP contribution in [0.15, 0.2) is 60.7 Å². The number of benzene rings is 2. The largest absolute Gasteiger partial charge is 0.376 e. The summed E-state index contributed by atoms with van der Waals surface area (Å²) in [5, 5.41) is 13.7. The number of fused-ring (bicyclic) bond motifs is 1. The zero-order chi connectivity index (χ0) is 17.4. The molecule has 1 heterocycles. The summed E-state index contributed by atoms with van der Waals surface area (Å²) in [5.41, 5.74) is 0.474. The number of nitrogens with one attached hydrogen (secondary N) is 1. The lowest BCUT2D eigenvalue weighted by Gasteiger charge is -2.25. The minimum Gasteiger partial charge on any atom is -0.376 e. The van der Waals surface area contributed by atoms with Crippen molar-refractivity contribution in [3.63, 3.8) is 0 Å². The maximum atomic E-state index is 12.5. The van der Waals surface area contributed by atoms with Crippen LogP contribution in [-0.4, -0.2) is 35.0 Å². The van der Waals surface area contributed by atoms with Gasteiger partial charge in [0, 0.05) is 25.7 Å². The highest BCUT2D eigenvalue weighted by Crippen LogP contribution is 2.46. The van der Waals surface area contributed by atoms with Crippen LogP contribution in [0.2, 0.25) is 0 Å². The Morgan fingerprint density at radius 3 is 2.24 bits per heavy atom. The van der Waals surface area contributed by atoms with Gasteiger partial charge < -0.3 is 10.4 Å². The first-order chi connectivity index (χ1) is 12.1. The summed E-state index contributed by atoms with van der Waals surface area (Å²) >= 11 is 0. The van der Waals surface area contributed by atoms with E-state index in [1.165, 1.54) is 5.56 Å². The summed E-state index contributed by atoms with van der Waals surface area (Å²) in [5.74, 6) is 0.728. The van der Waals surface area contributed by atoms with E-state index in [1.807, 2.05) is 24.3 Å². The molecule has 2 unspecified atom stereocenters. The van der Waals surface area contributed by atoms with E-state index in [9.17, 15) is 9.90 Å². The van der Waals surface area contributed by atoms with Crippen LogP contribution in [0.4, 0.5) is 0 Å². The average Bonchev–Trinajstić information content (AvgIpc) is 3.07. The Bertz CT molecular complexity index is 733. The Morgan fingerprint density at radius 1 is 1.08 bits per heavy atom. The van der Waals surface area contributed by atoms with Gasteiger partial charge in [0.1, 0.15) is 0 Å². The molecule has 4 atom stereocenters. The molecule has 4 nitrogen and oxygen atoms in total. The van der Waals surface area contributed by atoms with Gasteiger partial charge in [-0.3, -0.25) is 9.69 Å². The van der Waals surface area contributed by atoms with Crippen molar-refractivity contribution in [1.82, 2.24) is 10.2 Å². The number of aliphatic hydroxyl groups is 1. The Balaban J connectivity index is 1.31. The maximum Gasteiger partial charge on any atom is 0.256 e. The molecule has 2 N–H and O–H groups in total.